The van der Waals surface area contributed by atoms with E-state index in [9.17, 15) is 0 Å². The molecule has 0 saturated carbocycles. The van der Waals surface area contributed by atoms with Crippen LogP contribution in [0.2, 0.25) is 0 Å². The molecule has 0 bridgehead atoms. The van der Waals surface area contributed by atoms with Crippen LogP contribution in [0.25, 0.3) is 0 Å². The number of oxime groups is 1. The number of rotatable bonds is 4. The molecule has 66 valence electrons. The van der Waals surface area contributed by atoms with Gasteiger partial charge in [0.15, 0.2) is 0 Å². The van der Waals surface area contributed by atoms with Crippen LogP contribution >= 0.6 is 11.8 Å². The highest BCUT2D eigenvalue weighted by molar-refractivity contribution is 7.99. The molecule has 0 aliphatic carbocycles. The minimum Gasteiger partial charge on any atom is -0.468 e. The zero-order chi connectivity index (χ0) is 8.81. The minimum absolute atomic E-state index is 0.228. The van der Waals surface area contributed by atoms with Crippen LogP contribution in [0.1, 0.15) is 5.76 Å². The van der Waals surface area contributed by atoms with Gasteiger partial charge in [-0.05, 0) is 12.1 Å². The zero-order valence-corrected chi connectivity index (χ0v) is 7.25. The molecule has 1 aromatic rings. The second-order valence-electron chi connectivity index (χ2n) is 2.16. The van der Waals surface area contributed by atoms with Gasteiger partial charge >= 0.3 is 0 Å². The molecule has 1 heterocycles. The molecule has 0 unspecified atom stereocenters. The van der Waals surface area contributed by atoms with Crippen molar-refractivity contribution < 1.29 is 9.62 Å². The number of hydrogen-bond donors (Lipinski definition) is 2. The van der Waals surface area contributed by atoms with Gasteiger partial charge in [-0.3, -0.25) is 0 Å². The molecule has 1 rings (SSSR count). The van der Waals surface area contributed by atoms with E-state index in [-0.39, 0.29) is 5.84 Å². The Hall–Kier alpha value is -1.10. The molecule has 0 atom stereocenters. The van der Waals surface area contributed by atoms with E-state index in [0.29, 0.717) is 5.75 Å². The van der Waals surface area contributed by atoms with Gasteiger partial charge in [-0.25, -0.2) is 0 Å². The van der Waals surface area contributed by atoms with Crippen molar-refractivity contribution in [3.05, 3.63) is 24.2 Å². The zero-order valence-electron chi connectivity index (χ0n) is 6.43. The average Bonchev–Trinajstić information content (AvgIpc) is 2.57. The summed E-state index contributed by atoms with van der Waals surface area (Å²) in [6.45, 7) is 0. The molecule has 3 N–H and O–H groups in total. The Morgan fingerprint density at radius 2 is 2.58 bits per heavy atom. The molecule has 1 aromatic heterocycles. The van der Waals surface area contributed by atoms with E-state index in [0.717, 1.165) is 11.5 Å². The summed E-state index contributed by atoms with van der Waals surface area (Å²) in [6, 6.07) is 3.72. The van der Waals surface area contributed by atoms with Crippen molar-refractivity contribution in [2.75, 3.05) is 5.75 Å². The number of hydrogen-bond acceptors (Lipinski definition) is 4. The maximum absolute atomic E-state index is 8.22. The molecule has 0 saturated heterocycles. The van der Waals surface area contributed by atoms with Gasteiger partial charge in [-0.15, -0.1) is 11.8 Å². The largest absolute Gasteiger partial charge is 0.468 e. The van der Waals surface area contributed by atoms with Gasteiger partial charge in [0.05, 0.1) is 17.8 Å². The Labute approximate surface area is 74.4 Å². The molecule has 0 aliphatic rings. The SMILES string of the molecule is N/C(CSCc1ccco1)=N/O. The number of amidine groups is 1. The number of nitrogens with two attached hydrogens (primary N) is 1. The fourth-order valence-corrected chi connectivity index (χ4v) is 1.41. The average molecular weight is 186 g/mol. The third-order valence-electron chi connectivity index (χ3n) is 1.20. The highest BCUT2D eigenvalue weighted by Gasteiger charge is 1.97. The smallest absolute Gasteiger partial charge is 0.149 e. The minimum atomic E-state index is 0.228. The van der Waals surface area contributed by atoms with E-state index < -0.39 is 0 Å². The fraction of sp³-hybridized carbons (Fsp3) is 0.286. The lowest BCUT2D eigenvalue weighted by Crippen LogP contribution is -2.14. The van der Waals surface area contributed by atoms with E-state index in [4.69, 9.17) is 15.4 Å². The van der Waals surface area contributed by atoms with Crippen LogP contribution in [0.3, 0.4) is 0 Å². The first-order valence-electron chi connectivity index (χ1n) is 3.39. The van der Waals surface area contributed by atoms with Crippen LogP contribution in [0.5, 0.6) is 0 Å². The monoisotopic (exact) mass is 186 g/mol. The van der Waals surface area contributed by atoms with Gasteiger partial charge in [0.2, 0.25) is 0 Å². The molecular formula is C7H10N2O2S. The number of nitrogens with zero attached hydrogens (tertiary/aromatic N) is 1. The van der Waals surface area contributed by atoms with Gasteiger partial charge in [0.25, 0.3) is 0 Å². The van der Waals surface area contributed by atoms with Crippen LogP contribution < -0.4 is 5.73 Å². The van der Waals surface area contributed by atoms with E-state index in [1.54, 1.807) is 6.26 Å². The lowest BCUT2D eigenvalue weighted by atomic mass is 10.5. The van der Waals surface area contributed by atoms with Gasteiger partial charge < -0.3 is 15.4 Å². The van der Waals surface area contributed by atoms with Gasteiger partial charge in [0.1, 0.15) is 11.6 Å². The summed E-state index contributed by atoms with van der Waals surface area (Å²) in [4.78, 5) is 0. The summed E-state index contributed by atoms with van der Waals surface area (Å²) in [6.07, 6.45) is 1.62. The molecule has 5 heteroatoms. The predicted molar refractivity (Wildman–Crippen MR) is 48.3 cm³/mol. The molecule has 0 spiro atoms. The maximum atomic E-state index is 8.22. The number of furan rings is 1. The summed E-state index contributed by atoms with van der Waals surface area (Å²) in [5.41, 5.74) is 5.26. The van der Waals surface area contributed by atoms with E-state index in [1.807, 2.05) is 12.1 Å². The molecule has 12 heavy (non-hydrogen) atoms. The van der Waals surface area contributed by atoms with Crippen LogP contribution in [0.4, 0.5) is 0 Å². The molecule has 0 amide bonds. The van der Waals surface area contributed by atoms with E-state index >= 15 is 0 Å². The highest BCUT2D eigenvalue weighted by atomic mass is 32.2. The van der Waals surface area contributed by atoms with Crippen molar-refractivity contribution in [2.45, 2.75) is 5.75 Å². The van der Waals surface area contributed by atoms with Crippen LogP contribution in [-0.2, 0) is 5.75 Å². The molecule has 0 aromatic carbocycles. The quantitative estimate of drug-likeness (QED) is 0.321. The van der Waals surface area contributed by atoms with Crippen molar-refractivity contribution in [3.8, 4) is 0 Å². The lowest BCUT2D eigenvalue weighted by molar-refractivity contribution is 0.318. The molecule has 0 fully saturated rings. The second-order valence-corrected chi connectivity index (χ2v) is 3.15. The fourth-order valence-electron chi connectivity index (χ4n) is 0.680. The first-order chi connectivity index (χ1) is 5.83. The second kappa shape index (κ2) is 4.71. The van der Waals surface area contributed by atoms with Crippen LogP contribution in [0.15, 0.2) is 28.0 Å². The normalized spacial score (nSPS) is 11.8. The van der Waals surface area contributed by atoms with Crippen molar-refractivity contribution in [2.24, 2.45) is 10.9 Å². The number of thioether (sulfide) groups is 1. The Bertz CT molecular complexity index is 246. The third kappa shape index (κ3) is 2.87. The third-order valence-corrected chi connectivity index (χ3v) is 2.19. The highest BCUT2D eigenvalue weighted by Crippen LogP contribution is 2.11. The van der Waals surface area contributed by atoms with Crippen molar-refractivity contribution in [1.29, 1.82) is 0 Å². The Morgan fingerprint density at radius 1 is 1.75 bits per heavy atom. The summed E-state index contributed by atoms with van der Waals surface area (Å²) >= 11 is 1.53. The van der Waals surface area contributed by atoms with Crippen molar-refractivity contribution in [1.82, 2.24) is 0 Å². The molecule has 0 aliphatic heterocycles. The van der Waals surface area contributed by atoms with E-state index in [2.05, 4.69) is 5.16 Å². The Kier molecular flexibility index (Phi) is 3.53. The van der Waals surface area contributed by atoms with Crippen molar-refractivity contribution >= 4 is 17.6 Å². The van der Waals surface area contributed by atoms with Crippen LogP contribution in [-0.4, -0.2) is 16.8 Å². The van der Waals surface area contributed by atoms with Crippen molar-refractivity contribution in [3.63, 3.8) is 0 Å². The predicted octanol–water partition coefficient (Wildman–Crippen LogP) is 1.26. The maximum Gasteiger partial charge on any atom is 0.149 e. The summed E-state index contributed by atoms with van der Waals surface area (Å²) in [5.74, 6) is 2.37. The van der Waals surface area contributed by atoms with Gasteiger partial charge in [-0.2, -0.15) is 0 Å². The Balaban J connectivity index is 2.19. The van der Waals surface area contributed by atoms with E-state index in [1.165, 1.54) is 11.8 Å². The first-order valence-corrected chi connectivity index (χ1v) is 4.55. The van der Waals surface area contributed by atoms with Gasteiger partial charge in [-0.1, -0.05) is 5.16 Å². The summed E-state index contributed by atoms with van der Waals surface area (Å²) in [7, 11) is 0. The Morgan fingerprint density at radius 3 is 3.17 bits per heavy atom. The van der Waals surface area contributed by atoms with Gasteiger partial charge in [0, 0.05) is 0 Å². The summed E-state index contributed by atoms with van der Waals surface area (Å²) < 4.78 is 5.08. The molecule has 4 nitrogen and oxygen atoms in total. The summed E-state index contributed by atoms with van der Waals surface area (Å²) in [5, 5.41) is 11.1. The van der Waals surface area contributed by atoms with Crippen LogP contribution in [0, 0.1) is 0 Å². The lowest BCUT2D eigenvalue weighted by Gasteiger charge is -1.96. The molecule has 0 radical (unpaired) electrons. The standard InChI is InChI=1S/C7H10N2O2S/c8-7(9-10)5-12-4-6-2-1-3-11-6/h1-3,10H,4-5H2,(H2,8,9). The first kappa shape index (κ1) is 8.99. The molecular weight excluding hydrogens is 176 g/mol. The topological polar surface area (TPSA) is 71.8 Å².